The van der Waals surface area contributed by atoms with Crippen molar-refractivity contribution >= 4 is 16.9 Å². The number of rotatable bonds is 6. The van der Waals surface area contributed by atoms with Crippen LogP contribution in [0.5, 0.6) is 5.88 Å². The second kappa shape index (κ2) is 8.22. The zero-order chi connectivity index (χ0) is 22.1. The largest absolute Gasteiger partial charge is 0.468 e. The van der Waals surface area contributed by atoms with Crippen molar-refractivity contribution in [1.82, 2.24) is 29.6 Å². The maximum atomic E-state index is 12.4. The van der Waals surface area contributed by atoms with E-state index in [0.29, 0.717) is 11.5 Å². The Morgan fingerprint density at radius 1 is 1.19 bits per heavy atom. The van der Waals surface area contributed by atoms with Gasteiger partial charge in [-0.05, 0) is 31.9 Å². The van der Waals surface area contributed by atoms with Gasteiger partial charge in [0, 0.05) is 20.2 Å². The lowest BCUT2D eigenvalue weighted by atomic mass is 10.1. The van der Waals surface area contributed by atoms with E-state index in [4.69, 9.17) is 4.74 Å². The van der Waals surface area contributed by atoms with Crippen molar-refractivity contribution < 1.29 is 9.53 Å². The third-order valence-electron chi connectivity index (χ3n) is 5.33. The van der Waals surface area contributed by atoms with Crippen LogP contribution in [0.4, 0.5) is 0 Å². The van der Waals surface area contributed by atoms with Gasteiger partial charge in [0.2, 0.25) is 5.88 Å². The SMILES string of the molecule is Cc1ccc([C@H](C)NC(=O)COc2cc(C)c3c(-c4cncn4C)nn(C)c3n2)cc1. The summed E-state index contributed by atoms with van der Waals surface area (Å²) >= 11 is 0. The molecule has 1 N–H and O–H groups in total. The Bertz CT molecular complexity index is 1240. The second-order valence-corrected chi connectivity index (χ2v) is 7.83. The number of nitrogens with zero attached hydrogens (tertiary/aromatic N) is 5. The van der Waals surface area contributed by atoms with Gasteiger partial charge in [-0.1, -0.05) is 29.8 Å². The maximum Gasteiger partial charge on any atom is 0.258 e. The molecule has 0 aliphatic carbocycles. The van der Waals surface area contributed by atoms with E-state index in [1.165, 1.54) is 5.56 Å². The van der Waals surface area contributed by atoms with Gasteiger partial charge in [0.05, 0.1) is 29.6 Å². The zero-order valence-electron chi connectivity index (χ0n) is 18.4. The summed E-state index contributed by atoms with van der Waals surface area (Å²) in [6, 6.07) is 9.83. The number of hydrogen-bond acceptors (Lipinski definition) is 5. The lowest BCUT2D eigenvalue weighted by Gasteiger charge is -2.15. The summed E-state index contributed by atoms with van der Waals surface area (Å²) < 4.78 is 9.35. The van der Waals surface area contributed by atoms with Crippen LogP contribution >= 0.6 is 0 Å². The van der Waals surface area contributed by atoms with E-state index >= 15 is 0 Å². The molecule has 0 radical (unpaired) electrons. The first-order valence-corrected chi connectivity index (χ1v) is 10.1. The Labute approximate surface area is 180 Å². The first-order valence-electron chi connectivity index (χ1n) is 10.1. The van der Waals surface area contributed by atoms with Gasteiger partial charge in [-0.15, -0.1) is 0 Å². The molecule has 0 spiro atoms. The van der Waals surface area contributed by atoms with Crippen LogP contribution in [-0.2, 0) is 18.9 Å². The highest BCUT2D eigenvalue weighted by Gasteiger charge is 2.18. The summed E-state index contributed by atoms with van der Waals surface area (Å²) in [6.45, 7) is 5.86. The molecule has 0 bridgehead atoms. The van der Waals surface area contributed by atoms with E-state index in [-0.39, 0.29) is 18.6 Å². The smallest absolute Gasteiger partial charge is 0.258 e. The molecule has 1 amide bonds. The predicted octanol–water partition coefficient (Wildman–Crippen LogP) is 3.24. The van der Waals surface area contributed by atoms with Gasteiger partial charge in [0.15, 0.2) is 12.3 Å². The number of ether oxygens (including phenoxy) is 1. The van der Waals surface area contributed by atoms with Crippen LogP contribution in [-0.4, -0.2) is 36.8 Å². The van der Waals surface area contributed by atoms with Gasteiger partial charge in [-0.2, -0.15) is 10.1 Å². The second-order valence-electron chi connectivity index (χ2n) is 7.83. The lowest BCUT2D eigenvalue weighted by molar-refractivity contribution is -0.123. The first-order chi connectivity index (χ1) is 14.8. The highest BCUT2D eigenvalue weighted by molar-refractivity contribution is 5.93. The quantitative estimate of drug-likeness (QED) is 0.519. The number of benzene rings is 1. The monoisotopic (exact) mass is 418 g/mol. The van der Waals surface area contributed by atoms with Gasteiger partial charge < -0.3 is 14.6 Å². The van der Waals surface area contributed by atoms with Gasteiger partial charge >= 0.3 is 0 Å². The Kier molecular flexibility index (Phi) is 5.46. The molecule has 0 aliphatic rings. The topological polar surface area (TPSA) is 86.9 Å². The fraction of sp³-hybridized carbons (Fsp3) is 0.304. The fourth-order valence-corrected chi connectivity index (χ4v) is 3.60. The number of aromatic nitrogens is 5. The molecule has 3 heterocycles. The number of hydrogen-bond donors (Lipinski definition) is 1. The highest BCUT2D eigenvalue weighted by atomic mass is 16.5. The van der Waals surface area contributed by atoms with E-state index in [1.54, 1.807) is 17.2 Å². The molecule has 0 aliphatic heterocycles. The standard InChI is InChI=1S/C23H26N6O2/c1-14-6-8-17(9-7-14)16(3)25-19(30)12-31-20-10-15(2)21-22(18-11-24-13-28(18)4)27-29(5)23(21)26-20/h6-11,13,16H,12H2,1-5H3,(H,25,30)/t16-/m0/s1. The Balaban J connectivity index is 1.49. The minimum Gasteiger partial charge on any atom is -0.468 e. The molecule has 1 atom stereocenters. The van der Waals surface area contributed by atoms with E-state index in [0.717, 1.165) is 27.9 Å². The number of fused-ring (bicyclic) bond motifs is 1. The third kappa shape index (κ3) is 4.14. The molecule has 0 unspecified atom stereocenters. The molecular weight excluding hydrogens is 392 g/mol. The minimum absolute atomic E-state index is 0.104. The fourth-order valence-electron chi connectivity index (χ4n) is 3.60. The molecule has 4 aromatic rings. The van der Waals surface area contributed by atoms with Crippen molar-refractivity contribution in [2.45, 2.75) is 26.8 Å². The summed E-state index contributed by atoms with van der Waals surface area (Å²) in [5, 5.41) is 8.53. The van der Waals surface area contributed by atoms with Crippen molar-refractivity contribution in [3.05, 3.63) is 59.5 Å². The Morgan fingerprint density at radius 2 is 1.94 bits per heavy atom. The summed E-state index contributed by atoms with van der Waals surface area (Å²) in [5.41, 5.74) is 5.63. The molecular formula is C23H26N6O2. The molecule has 8 nitrogen and oxygen atoms in total. The van der Waals surface area contributed by atoms with Crippen LogP contribution in [0, 0.1) is 13.8 Å². The summed E-state index contributed by atoms with van der Waals surface area (Å²) in [7, 11) is 3.77. The normalized spacial score (nSPS) is 12.2. The van der Waals surface area contributed by atoms with E-state index in [9.17, 15) is 4.79 Å². The van der Waals surface area contributed by atoms with Crippen molar-refractivity contribution in [2.75, 3.05) is 6.61 Å². The van der Waals surface area contributed by atoms with Crippen LogP contribution in [0.25, 0.3) is 22.4 Å². The third-order valence-corrected chi connectivity index (χ3v) is 5.33. The van der Waals surface area contributed by atoms with E-state index in [2.05, 4.69) is 20.4 Å². The molecule has 4 rings (SSSR count). The summed E-state index contributed by atoms with van der Waals surface area (Å²) in [4.78, 5) is 21.2. The van der Waals surface area contributed by atoms with Crippen LogP contribution in [0.3, 0.4) is 0 Å². The van der Waals surface area contributed by atoms with Crippen LogP contribution in [0.1, 0.15) is 29.7 Å². The van der Waals surface area contributed by atoms with Crippen molar-refractivity contribution in [1.29, 1.82) is 0 Å². The lowest BCUT2D eigenvalue weighted by Crippen LogP contribution is -2.31. The number of carbonyl (C=O) groups excluding carboxylic acids is 1. The summed E-state index contributed by atoms with van der Waals surface area (Å²) in [5.74, 6) is 0.191. The van der Waals surface area contributed by atoms with E-state index in [1.807, 2.05) is 69.8 Å². The number of amides is 1. The van der Waals surface area contributed by atoms with Crippen LogP contribution in [0.15, 0.2) is 42.9 Å². The molecule has 8 heteroatoms. The van der Waals surface area contributed by atoms with Gasteiger partial charge in [-0.3, -0.25) is 4.79 Å². The van der Waals surface area contributed by atoms with Gasteiger partial charge in [-0.25, -0.2) is 9.67 Å². The Morgan fingerprint density at radius 3 is 2.61 bits per heavy atom. The van der Waals surface area contributed by atoms with Crippen molar-refractivity contribution in [2.24, 2.45) is 14.1 Å². The van der Waals surface area contributed by atoms with E-state index < -0.39 is 0 Å². The molecule has 31 heavy (non-hydrogen) atoms. The molecule has 1 aromatic carbocycles. The molecule has 0 fully saturated rings. The average Bonchev–Trinajstić information content (AvgIpc) is 3.30. The number of imidazole rings is 1. The van der Waals surface area contributed by atoms with Gasteiger partial charge in [0.1, 0.15) is 5.69 Å². The molecule has 3 aromatic heterocycles. The molecule has 0 saturated carbocycles. The predicted molar refractivity (Wildman–Crippen MR) is 119 cm³/mol. The van der Waals surface area contributed by atoms with Crippen molar-refractivity contribution in [3.63, 3.8) is 0 Å². The van der Waals surface area contributed by atoms with Crippen LogP contribution < -0.4 is 10.1 Å². The van der Waals surface area contributed by atoms with Crippen LogP contribution in [0.2, 0.25) is 0 Å². The molecule has 0 saturated heterocycles. The zero-order valence-corrected chi connectivity index (χ0v) is 18.4. The number of nitrogens with one attached hydrogen (secondary N) is 1. The van der Waals surface area contributed by atoms with Crippen molar-refractivity contribution in [3.8, 4) is 17.3 Å². The minimum atomic E-state index is -0.201. The number of aryl methyl sites for hydroxylation is 4. The highest BCUT2D eigenvalue weighted by Crippen LogP contribution is 2.30. The maximum absolute atomic E-state index is 12.4. The van der Waals surface area contributed by atoms with Gasteiger partial charge in [0.25, 0.3) is 5.91 Å². The Hall–Kier alpha value is -3.68. The number of carbonyl (C=O) groups is 1. The average molecular weight is 419 g/mol. The first kappa shape index (κ1) is 20.6. The number of pyridine rings is 1. The summed E-state index contributed by atoms with van der Waals surface area (Å²) in [6.07, 6.45) is 3.53. The molecule has 160 valence electrons.